The average molecular weight is 322 g/mol. The second-order valence-electron chi connectivity index (χ2n) is 4.14. The molecule has 0 fully saturated rings. The third-order valence-corrected chi connectivity index (χ3v) is 2.89. The fraction of sp³-hybridized carbons (Fsp3) is 0.261. The van der Waals surface area contributed by atoms with E-state index >= 15 is 0 Å². The molecule has 3 aromatic rings. The zero-order chi connectivity index (χ0) is 18.2. The first kappa shape index (κ1) is 21.6. The lowest BCUT2D eigenvalue weighted by Gasteiger charge is -2.04. The van der Waals surface area contributed by atoms with E-state index in [-0.39, 0.29) is 0 Å². The molecule has 0 spiro atoms. The molecule has 0 saturated carbocycles. The van der Waals surface area contributed by atoms with Crippen LogP contribution in [0.25, 0.3) is 22.5 Å². The predicted molar refractivity (Wildman–Crippen MR) is 109 cm³/mol. The van der Waals surface area contributed by atoms with Crippen molar-refractivity contribution in [1.82, 2.24) is 4.98 Å². The molecule has 0 radical (unpaired) electrons. The van der Waals surface area contributed by atoms with Gasteiger partial charge in [0.25, 0.3) is 0 Å². The Hall–Kier alpha value is -2.41. The van der Waals surface area contributed by atoms with Crippen molar-refractivity contribution in [2.24, 2.45) is 0 Å². The van der Waals surface area contributed by atoms with Gasteiger partial charge in [0.15, 0.2) is 0 Å². The normalized spacial score (nSPS) is 8.42. The van der Waals surface area contributed by atoms with Crippen molar-refractivity contribution in [3.8, 4) is 22.5 Å². The second-order valence-corrected chi connectivity index (χ2v) is 4.14. The summed E-state index contributed by atoms with van der Waals surface area (Å²) in [7, 11) is 0. The van der Waals surface area contributed by atoms with Crippen LogP contribution in [0.2, 0.25) is 0 Å². The van der Waals surface area contributed by atoms with Gasteiger partial charge >= 0.3 is 0 Å². The molecule has 0 saturated heterocycles. The monoisotopic (exact) mass is 321 g/mol. The van der Waals surface area contributed by atoms with Crippen LogP contribution < -0.4 is 0 Å². The third kappa shape index (κ3) is 6.78. The SMILES string of the molecule is CC.CC.CC.c1ccc(-c2cccc(-c3ccccc3)n2)cc1. The van der Waals surface area contributed by atoms with Crippen molar-refractivity contribution >= 4 is 0 Å². The van der Waals surface area contributed by atoms with Crippen LogP contribution in [0.1, 0.15) is 41.5 Å². The molecule has 0 amide bonds. The molecule has 0 aliphatic heterocycles. The molecule has 0 aliphatic rings. The van der Waals surface area contributed by atoms with Crippen LogP contribution in [0.15, 0.2) is 78.9 Å². The van der Waals surface area contributed by atoms with Crippen molar-refractivity contribution in [2.45, 2.75) is 41.5 Å². The lowest BCUT2D eigenvalue weighted by Crippen LogP contribution is -1.87. The fourth-order valence-electron chi connectivity index (χ4n) is 1.97. The van der Waals surface area contributed by atoms with Crippen LogP contribution in [0, 0.1) is 0 Å². The molecule has 1 heteroatoms. The van der Waals surface area contributed by atoms with Gasteiger partial charge in [0.1, 0.15) is 0 Å². The summed E-state index contributed by atoms with van der Waals surface area (Å²) >= 11 is 0. The highest BCUT2D eigenvalue weighted by molar-refractivity contribution is 5.65. The zero-order valence-electron chi connectivity index (χ0n) is 16.0. The van der Waals surface area contributed by atoms with E-state index in [9.17, 15) is 0 Å². The maximum atomic E-state index is 4.71. The van der Waals surface area contributed by atoms with E-state index in [1.807, 2.05) is 90.1 Å². The van der Waals surface area contributed by atoms with Gasteiger partial charge in [-0.15, -0.1) is 0 Å². The Bertz CT molecular complexity index is 576. The van der Waals surface area contributed by atoms with Gasteiger partial charge in [0.05, 0.1) is 11.4 Å². The third-order valence-electron chi connectivity index (χ3n) is 2.89. The molecule has 1 nitrogen and oxygen atoms in total. The summed E-state index contributed by atoms with van der Waals surface area (Å²) in [5, 5.41) is 0. The zero-order valence-corrected chi connectivity index (χ0v) is 16.0. The Kier molecular flexibility index (Phi) is 12.8. The molecular formula is C23H31N. The number of hydrogen-bond acceptors (Lipinski definition) is 1. The van der Waals surface area contributed by atoms with Crippen molar-refractivity contribution < 1.29 is 0 Å². The Morgan fingerprint density at radius 2 is 0.750 bits per heavy atom. The van der Waals surface area contributed by atoms with Crippen LogP contribution in [-0.2, 0) is 0 Å². The molecule has 1 aromatic heterocycles. The largest absolute Gasteiger partial charge is 0.248 e. The van der Waals surface area contributed by atoms with Crippen molar-refractivity contribution in [1.29, 1.82) is 0 Å². The van der Waals surface area contributed by atoms with Crippen LogP contribution in [0.4, 0.5) is 0 Å². The van der Waals surface area contributed by atoms with Gasteiger partial charge in [-0.05, 0) is 12.1 Å². The van der Waals surface area contributed by atoms with E-state index in [2.05, 4.69) is 30.3 Å². The smallest absolute Gasteiger partial charge is 0.0709 e. The van der Waals surface area contributed by atoms with Crippen molar-refractivity contribution in [3.63, 3.8) is 0 Å². The van der Waals surface area contributed by atoms with E-state index in [1.54, 1.807) is 0 Å². The van der Waals surface area contributed by atoms with Crippen LogP contribution in [0.3, 0.4) is 0 Å². The summed E-state index contributed by atoms with van der Waals surface area (Å²) in [5.74, 6) is 0. The number of pyridine rings is 1. The van der Waals surface area contributed by atoms with E-state index in [4.69, 9.17) is 4.98 Å². The summed E-state index contributed by atoms with van der Waals surface area (Å²) in [5.41, 5.74) is 4.32. The Balaban J connectivity index is 0.000000798. The maximum Gasteiger partial charge on any atom is 0.0709 e. The van der Waals surface area contributed by atoms with E-state index < -0.39 is 0 Å². The average Bonchev–Trinajstić information content (AvgIpc) is 2.74. The van der Waals surface area contributed by atoms with Gasteiger partial charge in [-0.2, -0.15) is 0 Å². The topological polar surface area (TPSA) is 12.9 Å². The highest BCUT2D eigenvalue weighted by Gasteiger charge is 2.01. The Morgan fingerprint density at radius 3 is 1.08 bits per heavy atom. The molecule has 0 aliphatic carbocycles. The molecule has 24 heavy (non-hydrogen) atoms. The standard InChI is InChI=1S/C17H13N.3C2H6/c1-3-8-14(9-4-1)16-12-7-13-17(18-16)15-10-5-2-6-11-15;3*1-2/h1-13H;3*1-2H3. The molecule has 2 aromatic carbocycles. The quantitative estimate of drug-likeness (QED) is 0.476. The Labute approximate surface area is 148 Å². The minimum absolute atomic E-state index is 1.01. The van der Waals surface area contributed by atoms with Gasteiger partial charge in [0.2, 0.25) is 0 Å². The lowest BCUT2D eigenvalue weighted by molar-refractivity contribution is 1.32. The molecule has 1 heterocycles. The molecule has 0 atom stereocenters. The van der Waals surface area contributed by atoms with Gasteiger partial charge in [-0.25, -0.2) is 4.98 Å². The molecule has 128 valence electrons. The predicted octanol–water partition coefficient (Wildman–Crippen LogP) is 7.49. The van der Waals surface area contributed by atoms with E-state index in [0.717, 1.165) is 22.5 Å². The molecule has 0 unspecified atom stereocenters. The number of benzene rings is 2. The van der Waals surface area contributed by atoms with Gasteiger partial charge in [0, 0.05) is 11.1 Å². The first-order valence-electron chi connectivity index (χ1n) is 9.01. The molecule has 3 rings (SSSR count). The first-order chi connectivity index (χ1) is 11.9. The summed E-state index contributed by atoms with van der Waals surface area (Å²) in [6, 6.07) is 26.6. The van der Waals surface area contributed by atoms with Crippen LogP contribution >= 0.6 is 0 Å². The highest BCUT2D eigenvalue weighted by atomic mass is 14.7. The van der Waals surface area contributed by atoms with Crippen molar-refractivity contribution in [3.05, 3.63) is 78.9 Å². The first-order valence-corrected chi connectivity index (χ1v) is 9.01. The second kappa shape index (κ2) is 14.2. The minimum atomic E-state index is 1.01. The molecular weight excluding hydrogens is 290 g/mol. The van der Waals surface area contributed by atoms with Crippen LogP contribution in [-0.4, -0.2) is 4.98 Å². The van der Waals surface area contributed by atoms with E-state index in [0.29, 0.717) is 0 Å². The summed E-state index contributed by atoms with van der Waals surface area (Å²) in [4.78, 5) is 4.71. The fourth-order valence-corrected chi connectivity index (χ4v) is 1.97. The Morgan fingerprint density at radius 1 is 0.417 bits per heavy atom. The van der Waals surface area contributed by atoms with Crippen molar-refractivity contribution in [2.75, 3.05) is 0 Å². The molecule has 0 N–H and O–H groups in total. The minimum Gasteiger partial charge on any atom is -0.248 e. The number of rotatable bonds is 2. The van der Waals surface area contributed by atoms with E-state index in [1.165, 1.54) is 0 Å². The highest BCUT2D eigenvalue weighted by Crippen LogP contribution is 2.21. The molecule has 0 bridgehead atoms. The summed E-state index contributed by atoms with van der Waals surface area (Å²) in [6.45, 7) is 12.0. The van der Waals surface area contributed by atoms with Gasteiger partial charge in [-0.3, -0.25) is 0 Å². The van der Waals surface area contributed by atoms with Crippen LogP contribution in [0.5, 0.6) is 0 Å². The van der Waals surface area contributed by atoms with Gasteiger partial charge < -0.3 is 0 Å². The van der Waals surface area contributed by atoms with Gasteiger partial charge in [-0.1, -0.05) is 108 Å². The summed E-state index contributed by atoms with van der Waals surface area (Å²) < 4.78 is 0. The number of hydrogen-bond donors (Lipinski definition) is 0. The lowest BCUT2D eigenvalue weighted by atomic mass is 10.1. The number of nitrogens with zero attached hydrogens (tertiary/aromatic N) is 1. The maximum absolute atomic E-state index is 4.71. The number of aromatic nitrogens is 1. The summed E-state index contributed by atoms with van der Waals surface area (Å²) in [6.07, 6.45) is 0.